The summed E-state index contributed by atoms with van der Waals surface area (Å²) in [7, 11) is 0.322. The molecule has 12 heteroatoms. The number of likely N-dealkylation sites (N-methyl/N-ethyl adjacent to an activating group) is 1. The Labute approximate surface area is 234 Å². The van der Waals surface area contributed by atoms with E-state index in [0.29, 0.717) is 18.7 Å². The molecule has 1 fully saturated rings. The largest absolute Gasteiger partial charge is 0.622 e. The molecule has 3 rings (SSSR count). The van der Waals surface area contributed by atoms with Crippen molar-refractivity contribution < 1.29 is 33.6 Å². The molecule has 1 aliphatic rings. The van der Waals surface area contributed by atoms with Crippen LogP contribution >= 0.6 is 0 Å². The van der Waals surface area contributed by atoms with Crippen molar-refractivity contribution in [2.75, 3.05) is 13.6 Å². The second-order valence-electron chi connectivity index (χ2n) is 10.4. The summed E-state index contributed by atoms with van der Waals surface area (Å²) in [4.78, 5) is 57.7. The van der Waals surface area contributed by atoms with Gasteiger partial charge in [-0.25, -0.2) is 4.98 Å². The van der Waals surface area contributed by atoms with E-state index in [0.717, 1.165) is 5.56 Å². The number of aliphatic hydroxyl groups excluding tert-OH is 1. The fourth-order valence-electron chi connectivity index (χ4n) is 4.20. The zero-order chi connectivity index (χ0) is 29.4. The van der Waals surface area contributed by atoms with Crippen molar-refractivity contribution in [3.8, 4) is 11.3 Å². The van der Waals surface area contributed by atoms with E-state index in [1.54, 1.807) is 31.0 Å². The lowest BCUT2D eigenvalue weighted by Crippen LogP contribution is -2.59. The summed E-state index contributed by atoms with van der Waals surface area (Å²) in [6.45, 7) is 7.12. The van der Waals surface area contributed by atoms with Crippen LogP contribution in [0.25, 0.3) is 11.3 Å². The predicted molar refractivity (Wildman–Crippen MR) is 149 cm³/mol. The third-order valence-electron chi connectivity index (χ3n) is 6.64. The molecule has 0 radical (unpaired) electrons. The molecule has 3 N–H and O–H groups in total. The normalized spacial score (nSPS) is 18.9. The lowest BCUT2D eigenvalue weighted by atomic mass is 9.73. The Kier molecular flexibility index (Phi) is 10.8. The molecule has 40 heavy (non-hydrogen) atoms. The molecule has 4 atom stereocenters. The minimum atomic E-state index is -1.38. The maximum absolute atomic E-state index is 13.4. The second kappa shape index (κ2) is 14.0. The number of nitrogens with zero attached hydrogens (tertiary/aromatic N) is 2. The Bertz CT molecular complexity index is 1190. The van der Waals surface area contributed by atoms with Gasteiger partial charge < -0.3 is 25.0 Å². The third-order valence-corrected chi connectivity index (χ3v) is 6.64. The molecule has 1 aromatic carbocycles. The van der Waals surface area contributed by atoms with Gasteiger partial charge in [0.2, 0.25) is 5.91 Å². The highest BCUT2D eigenvalue weighted by Crippen LogP contribution is 2.17. The summed E-state index contributed by atoms with van der Waals surface area (Å²) in [5.41, 5.74) is 1.46. The molecular weight excluding hydrogens is 515 g/mol. The maximum Gasteiger partial charge on any atom is 0.622 e. The summed E-state index contributed by atoms with van der Waals surface area (Å²) in [5.74, 6) is -3.48. The Balaban J connectivity index is 1.79. The fourth-order valence-corrected chi connectivity index (χ4v) is 4.20. The van der Waals surface area contributed by atoms with Gasteiger partial charge in [-0.3, -0.25) is 24.1 Å². The SMILES string of the molecule is CC(C)C[C@H](NC(=O)C(NC(=O)c1cccc(-c2ccccc2)n1)[C@@H](C)O)B1OC(=O)CCN(C)[C@H](C)C(=O)O1. The molecule has 2 amide bonds. The van der Waals surface area contributed by atoms with E-state index in [2.05, 4.69) is 15.6 Å². The van der Waals surface area contributed by atoms with E-state index in [1.807, 2.05) is 44.2 Å². The number of carbonyl (C=O) groups is 4. The van der Waals surface area contributed by atoms with Crippen molar-refractivity contribution in [2.24, 2.45) is 5.92 Å². The van der Waals surface area contributed by atoms with E-state index >= 15 is 0 Å². The van der Waals surface area contributed by atoms with Crippen LogP contribution in [0, 0.1) is 5.92 Å². The summed E-state index contributed by atoms with van der Waals surface area (Å²) < 4.78 is 11.0. The smallest absolute Gasteiger partial charge is 0.498 e. The number of carbonyl (C=O) groups excluding carboxylic acids is 4. The van der Waals surface area contributed by atoms with Gasteiger partial charge in [-0.2, -0.15) is 0 Å². The number of pyridine rings is 1. The first-order chi connectivity index (χ1) is 19.0. The standard InChI is InChI=1S/C28H37BN4O7/c1-17(2)16-23(29-39-24(35)14-15-33(5)18(3)28(38)40-29)31-27(37)25(19(4)34)32-26(36)22-13-9-12-21(30-22)20-10-7-6-8-11-20/h6-13,17-19,23,25,34H,14-16H2,1-5H3,(H,31,37)(H,32,36)/t18-,19-,23+,25?/m1/s1. The number of rotatable bonds is 9. The van der Waals surface area contributed by atoms with Crippen molar-refractivity contribution in [3.63, 3.8) is 0 Å². The Hall–Kier alpha value is -3.77. The van der Waals surface area contributed by atoms with E-state index in [1.165, 1.54) is 13.0 Å². The Morgan fingerprint density at radius 2 is 1.77 bits per heavy atom. The summed E-state index contributed by atoms with van der Waals surface area (Å²) in [6.07, 6.45) is -0.944. The van der Waals surface area contributed by atoms with Crippen LogP contribution in [-0.2, 0) is 23.7 Å². The minimum absolute atomic E-state index is 0.0138. The molecule has 2 heterocycles. The van der Waals surface area contributed by atoms with Crippen molar-refractivity contribution in [1.82, 2.24) is 20.5 Å². The van der Waals surface area contributed by atoms with E-state index in [9.17, 15) is 24.3 Å². The lowest BCUT2D eigenvalue weighted by Gasteiger charge is -2.28. The highest BCUT2D eigenvalue weighted by molar-refractivity contribution is 6.51. The number of benzene rings is 1. The van der Waals surface area contributed by atoms with Gasteiger partial charge in [-0.15, -0.1) is 0 Å². The van der Waals surface area contributed by atoms with Crippen LogP contribution in [0.1, 0.15) is 51.0 Å². The summed E-state index contributed by atoms with van der Waals surface area (Å²) in [5, 5.41) is 15.7. The molecule has 1 unspecified atom stereocenters. The summed E-state index contributed by atoms with van der Waals surface area (Å²) >= 11 is 0. The van der Waals surface area contributed by atoms with E-state index in [-0.39, 0.29) is 18.0 Å². The minimum Gasteiger partial charge on any atom is -0.498 e. The van der Waals surface area contributed by atoms with E-state index < -0.39 is 55.0 Å². The second-order valence-corrected chi connectivity index (χ2v) is 10.4. The monoisotopic (exact) mass is 552 g/mol. The first-order valence-corrected chi connectivity index (χ1v) is 13.4. The highest BCUT2D eigenvalue weighted by Gasteiger charge is 2.43. The first kappa shape index (κ1) is 30.8. The molecule has 0 spiro atoms. The van der Waals surface area contributed by atoms with Crippen LogP contribution in [0.2, 0.25) is 0 Å². The lowest BCUT2D eigenvalue weighted by molar-refractivity contribution is -0.142. The van der Waals surface area contributed by atoms with Gasteiger partial charge >= 0.3 is 13.1 Å². The van der Waals surface area contributed by atoms with Crippen LogP contribution in [-0.4, -0.2) is 83.6 Å². The van der Waals surface area contributed by atoms with Crippen molar-refractivity contribution in [2.45, 2.75) is 64.7 Å². The molecule has 2 aromatic rings. The van der Waals surface area contributed by atoms with Crippen LogP contribution in [0.4, 0.5) is 0 Å². The van der Waals surface area contributed by atoms with Crippen LogP contribution in [0.15, 0.2) is 48.5 Å². The average Bonchev–Trinajstić information content (AvgIpc) is 2.97. The number of hydrogen-bond acceptors (Lipinski definition) is 9. The van der Waals surface area contributed by atoms with E-state index in [4.69, 9.17) is 9.31 Å². The number of nitrogens with one attached hydrogen (secondary N) is 2. The van der Waals surface area contributed by atoms with Gasteiger partial charge in [-0.05, 0) is 45.4 Å². The molecule has 0 bridgehead atoms. The van der Waals surface area contributed by atoms with Crippen LogP contribution in [0.5, 0.6) is 0 Å². The molecule has 1 aliphatic heterocycles. The zero-order valence-electron chi connectivity index (χ0n) is 23.5. The van der Waals surface area contributed by atoms with Crippen molar-refractivity contribution >= 4 is 30.9 Å². The topological polar surface area (TPSA) is 147 Å². The first-order valence-electron chi connectivity index (χ1n) is 13.4. The third kappa shape index (κ3) is 8.37. The Morgan fingerprint density at radius 3 is 2.42 bits per heavy atom. The van der Waals surface area contributed by atoms with Gasteiger partial charge in [0.25, 0.3) is 11.9 Å². The fraction of sp³-hybridized carbons (Fsp3) is 0.464. The molecule has 0 saturated carbocycles. The average molecular weight is 552 g/mol. The van der Waals surface area contributed by atoms with Gasteiger partial charge in [0.15, 0.2) is 0 Å². The Morgan fingerprint density at radius 1 is 1.07 bits per heavy atom. The molecule has 1 aromatic heterocycles. The molecule has 11 nitrogen and oxygen atoms in total. The predicted octanol–water partition coefficient (Wildman–Crippen LogP) is 1.60. The molecule has 0 aliphatic carbocycles. The summed E-state index contributed by atoms with van der Waals surface area (Å²) in [6, 6.07) is 12.3. The van der Waals surface area contributed by atoms with Gasteiger partial charge in [0, 0.05) is 12.1 Å². The zero-order valence-corrected chi connectivity index (χ0v) is 23.5. The van der Waals surface area contributed by atoms with Gasteiger partial charge in [-0.1, -0.05) is 50.2 Å². The number of aliphatic hydroxyl groups is 1. The quantitative estimate of drug-likeness (QED) is 0.395. The van der Waals surface area contributed by atoms with Gasteiger partial charge in [0.1, 0.15) is 17.8 Å². The van der Waals surface area contributed by atoms with Crippen LogP contribution < -0.4 is 10.6 Å². The van der Waals surface area contributed by atoms with Gasteiger partial charge in [0.05, 0.1) is 24.2 Å². The van der Waals surface area contributed by atoms with Crippen LogP contribution in [0.3, 0.4) is 0 Å². The number of aromatic nitrogens is 1. The molecule has 1 saturated heterocycles. The molecule has 214 valence electrons. The number of amides is 2. The van der Waals surface area contributed by atoms with Crippen molar-refractivity contribution in [1.29, 1.82) is 0 Å². The highest BCUT2D eigenvalue weighted by atomic mass is 16.6. The number of hydrogen-bond donors (Lipinski definition) is 3. The van der Waals surface area contributed by atoms with Crippen molar-refractivity contribution in [3.05, 3.63) is 54.2 Å². The maximum atomic E-state index is 13.4. The molecular formula is C28H37BN4O7.